The maximum atomic E-state index is 12.0. The van der Waals surface area contributed by atoms with Crippen LogP contribution in [0.2, 0.25) is 0 Å². The minimum atomic E-state index is -0.726. The van der Waals surface area contributed by atoms with Gasteiger partial charge in [0.2, 0.25) is 0 Å². The molecule has 1 aromatic carbocycles. The van der Waals surface area contributed by atoms with Gasteiger partial charge in [0.05, 0.1) is 26.0 Å². The Morgan fingerprint density at radius 3 is 2.17 bits per heavy atom. The first-order valence-corrected chi connectivity index (χ1v) is 7.61. The van der Waals surface area contributed by atoms with Crippen LogP contribution in [-0.4, -0.2) is 36.7 Å². The Hall–Kier alpha value is -2.57. The van der Waals surface area contributed by atoms with Crippen LogP contribution in [0.4, 0.5) is 10.5 Å². The molecule has 0 bridgehead atoms. The Bertz CT molecular complexity index is 566. The highest BCUT2D eigenvalue weighted by Gasteiger charge is 2.24. The highest BCUT2D eigenvalue weighted by Crippen LogP contribution is 2.11. The summed E-state index contributed by atoms with van der Waals surface area (Å²) in [6.45, 7) is 5.24. The van der Waals surface area contributed by atoms with Gasteiger partial charge in [-0.1, -0.05) is 18.2 Å². The molecule has 0 aliphatic heterocycles. The molecule has 24 heavy (non-hydrogen) atoms. The molecule has 2 amide bonds. The third kappa shape index (κ3) is 8.17. The molecule has 1 atom stereocenters. The topological polar surface area (TPSA) is 93.7 Å². The van der Waals surface area contributed by atoms with E-state index in [1.807, 2.05) is 6.07 Å². The second kappa shape index (κ2) is 8.90. The summed E-state index contributed by atoms with van der Waals surface area (Å²) in [5, 5.41) is 5.23. The molecule has 1 aromatic rings. The maximum absolute atomic E-state index is 12.0. The van der Waals surface area contributed by atoms with E-state index in [2.05, 4.69) is 15.4 Å². The number of ether oxygens (including phenoxy) is 2. The lowest BCUT2D eigenvalue weighted by atomic mass is 10.1. The molecule has 0 heterocycles. The van der Waals surface area contributed by atoms with Crippen LogP contribution in [0.3, 0.4) is 0 Å². The van der Waals surface area contributed by atoms with Crippen LogP contribution in [0.1, 0.15) is 33.6 Å². The first-order valence-electron chi connectivity index (χ1n) is 7.61. The molecule has 0 spiro atoms. The molecule has 0 aliphatic carbocycles. The molecule has 0 saturated carbocycles. The molecule has 0 radical (unpaired) electrons. The Kier molecular flexibility index (Phi) is 7.23. The van der Waals surface area contributed by atoms with Gasteiger partial charge in [-0.3, -0.25) is 9.59 Å². The summed E-state index contributed by atoms with van der Waals surface area (Å²) in [4.78, 5) is 35.4. The van der Waals surface area contributed by atoms with Gasteiger partial charge in [-0.25, -0.2) is 4.79 Å². The fraction of sp³-hybridized carbons (Fsp3) is 0.471. The second-order valence-corrected chi connectivity index (χ2v) is 6.23. The molecular weight excluding hydrogens is 312 g/mol. The van der Waals surface area contributed by atoms with Gasteiger partial charge in [0, 0.05) is 5.69 Å². The number of esters is 2. The van der Waals surface area contributed by atoms with Crippen molar-refractivity contribution in [3.05, 3.63) is 30.3 Å². The fourth-order valence-electron chi connectivity index (χ4n) is 1.92. The molecular formula is C17H24N2O5. The van der Waals surface area contributed by atoms with Crippen molar-refractivity contribution in [2.75, 3.05) is 12.4 Å². The highest BCUT2D eigenvalue weighted by atomic mass is 16.6. The van der Waals surface area contributed by atoms with Gasteiger partial charge in [0.1, 0.15) is 5.60 Å². The van der Waals surface area contributed by atoms with E-state index in [0.717, 1.165) is 0 Å². The van der Waals surface area contributed by atoms with E-state index in [0.29, 0.717) is 5.69 Å². The van der Waals surface area contributed by atoms with Crippen molar-refractivity contribution in [2.45, 2.75) is 45.3 Å². The molecule has 7 heteroatoms. The van der Waals surface area contributed by atoms with E-state index >= 15 is 0 Å². The number of anilines is 1. The van der Waals surface area contributed by atoms with Gasteiger partial charge in [-0.05, 0) is 32.9 Å². The minimum absolute atomic E-state index is 0.127. The predicted octanol–water partition coefficient (Wildman–Crippen LogP) is 2.47. The van der Waals surface area contributed by atoms with Crippen molar-refractivity contribution in [1.29, 1.82) is 0 Å². The van der Waals surface area contributed by atoms with Crippen LogP contribution in [0.25, 0.3) is 0 Å². The Labute approximate surface area is 141 Å². The van der Waals surface area contributed by atoms with Crippen LogP contribution >= 0.6 is 0 Å². The predicted molar refractivity (Wildman–Crippen MR) is 89.5 cm³/mol. The minimum Gasteiger partial charge on any atom is -0.469 e. The lowest BCUT2D eigenvalue weighted by molar-refractivity contribution is -0.155. The van der Waals surface area contributed by atoms with E-state index < -0.39 is 29.6 Å². The number of rotatable bonds is 6. The number of nitrogens with one attached hydrogen (secondary N) is 2. The number of hydrogen-bond acceptors (Lipinski definition) is 5. The van der Waals surface area contributed by atoms with Crippen molar-refractivity contribution in [1.82, 2.24) is 5.32 Å². The van der Waals surface area contributed by atoms with Crippen molar-refractivity contribution in [3.63, 3.8) is 0 Å². The quantitative estimate of drug-likeness (QED) is 0.778. The monoisotopic (exact) mass is 336 g/mol. The third-order valence-electron chi connectivity index (χ3n) is 2.84. The van der Waals surface area contributed by atoms with Crippen LogP contribution in [0.5, 0.6) is 0 Å². The summed E-state index contributed by atoms with van der Waals surface area (Å²) in [5.41, 5.74) is -0.0387. The number of hydrogen-bond donors (Lipinski definition) is 2. The summed E-state index contributed by atoms with van der Waals surface area (Å²) in [6.07, 6.45) is -0.257. The molecule has 7 nitrogen and oxygen atoms in total. The smallest absolute Gasteiger partial charge is 0.319 e. The molecule has 0 fully saturated rings. The average molecular weight is 336 g/mol. The summed E-state index contributed by atoms with van der Waals surface area (Å²) in [5.74, 6) is -1.03. The third-order valence-corrected chi connectivity index (χ3v) is 2.84. The van der Waals surface area contributed by atoms with Gasteiger partial charge in [0.15, 0.2) is 0 Å². The molecule has 0 saturated heterocycles. The number of urea groups is 1. The van der Waals surface area contributed by atoms with E-state index in [1.165, 1.54) is 7.11 Å². The fourth-order valence-corrected chi connectivity index (χ4v) is 1.92. The largest absolute Gasteiger partial charge is 0.469 e. The van der Waals surface area contributed by atoms with E-state index in [4.69, 9.17) is 4.74 Å². The highest BCUT2D eigenvalue weighted by molar-refractivity contribution is 5.90. The number of methoxy groups -OCH3 is 1. The molecule has 132 valence electrons. The number of amides is 2. The molecule has 0 aliphatic rings. The number of carbonyl (C=O) groups excluding carboxylic acids is 3. The van der Waals surface area contributed by atoms with Crippen LogP contribution in [0.15, 0.2) is 30.3 Å². The van der Waals surface area contributed by atoms with Gasteiger partial charge >= 0.3 is 18.0 Å². The van der Waals surface area contributed by atoms with Crippen LogP contribution < -0.4 is 10.6 Å². The zero-order valence-corrected chi connectivity index (χ0v) is 14.4. The van der Waals surface area contributed by atoms with Crippen molar-refractivity contribution in [2.24, 2.45) is 0 Å². The Morgan fingerprint density at radius 1 is 1.04 bits per heavy atom. The number of para-hydroxylation sites is 1. The maximum Gasteiger partial charge on any atom is 0.319 e. The zero-order chi connectivity index (χ0) is 18.2. The second-order valence-electron chi connectivity index (χ2n) is 6.23. The van der Waals surface area contributed by atoms with Crippen LogP contribution in [-0.2, 0) is 19.1 Å². The van der Waals surface area contributed by atoms with Crippen LogP contribution in [0, 0.1) is 0 Å². The Balaban J connectivity index is 2.65. The molecule has 1 rings (SSSR count). The standard InChI is InChI=1S/C17H24N2O5/c1-17(2,3)24-15(21)11-13(10-14(20)23-4)19-16(22)18-12-8-6-5-7-9-12/h5-9,13H,10-11H2,1-4H3,(H2,18,19,22)/t13-/m1/s1. The summed E-state index contributed by atoms with van der Waals surface area (Å²) >= 11 is 0. The normalized spacial score (nSPS) is 12.0. The molecule has 0 aromatic heterocycles. The SMILES string of the molecule is COC(=O)C[C@H](CC(=O)OC(C)(C)C)NC(=O)Nc1ccccc1. The van der Waals surface area contributed by atoms with Gasteiger partial charge in [-0.2, -0.15) is 0 Å². The molecule has 2 N–H and O–H groups in total. The van der Waals surface area contributed by atoms with E-state index in [1.54, 1.807) is 45.0 Å². The van der Waals surface area contributed by atoms with Crippen molar-refractivity contribution >= 4 is 23.7 Å². The first-order chi connectivity index (χ1) is 11.2. The average Bonchev–Trinajstić information content (AvgIpc) is 2.45. The zero-order valence-electron chi connectivity index (χ0n) is 14.4. The summed E-state index contributed by atoms with van der Waals surface area (Å²) in [6, 6.07) is 7.59. The molecule has 0 unspecified atom stereocenters. The van der Waals surface area contributed by atoms with E-state index in [9.17, 15) is 14.4 Å². The van der Waals surface area contributed by atoms with Gasteiger partial charge in [0.25, 0.3) is 0 Å². The lowest BCUT2D eigenvalue weighted by Gasteiger charge is -2.22. The number of carbonyl (C=O) groups is 3. The van der Waals surface area contributed by atoms with Crippen molar-refractivity contribution < 1.29 is 23.9 Å². The summed E-state index contributed by atoms with van der Waals surface area (Å²) < 4.78 is 9.82. The lowest BCUT2D eigenvalue weighted by Crippen LogP contribution is -2.41. The van der Waals surface area contributed by atoms with Gasteiger partial charge in [-0.15, -0.1) is 0 Å². The first kappa shape index (κ1) is 19.5. The summed E-state index contributed by atoms with van der Waals surface area (Å²) in [7, 11) is 1.25. The Morgan fingerprint density at radius 2 is 1.62 bits per heavy atom. The van der Waals surface area contributed by atoms with Crippen molar-refractivity contribution in [3.8, 4) is 0 Å². The van der Waals surface area contributed by atoms with Gasteiger partial charge < -0.3 is 20.1 Å². The number of benzene rings is 1. The van der Waals surface area contributed by atoms with E-state index in [-0.39, 0.29) is 12.8 Å².